The number of carbonyl (C=O) groups excluding carboxylic acids is 2. The van der Waals surface area contributed by atoms with Gasteiger partial charge in [-0.05, 0) is 67.9 Å². The van der Waals surface area contributed by atoms with Crippen LogP contribution in [0, 0.1) is 6.92 Å². The standard InChI is InChI=1S/C25H29N3O4S/c1-4-6-13-28-24(30)20(27-25(28)33)14-18-11-12-21(22(15-18)31-5-2)32-16-23(29)26-19-10-8-7-9-17(19)3/h7-12,14-15H,4-6,13,16H2,1-3H3,(H,26,29)(H,27,33)/b20-14+. The highest BCUT2D eigenvalue weighted by molar-refractivity contribution is 7.80. The van der Waals surface area contributed by atoms with Gasteiger partial charge in [0.15, 0.2) is 23.2 Å². The SMILES string of the molecule is CCCCN1C(=O)/C(=C\c2ccc(OCC(=O)Nc3ccccc3C)c(OCC)c2)NC1=S. The van der Waals surface area contributed by atoms with Gasteiger partial charge in [0.2, 0.25) is 0 Å². The Morgan fingerprint density at radius 3 is 2.67 bits per heavy atom. The van der Waals surface area contributed by atoms with E-state index in [1.54, 1.807) is 29.2 Å². The summed E-state index contributed by atoms with van der Waals surface area (Å²) in [5.74, 6) is 0.537. The first-order valence-corrected chi connectivity index (χ1v) is 11.4. The van der Waals surface area contributed by atoms with Crippen molar-refractivity contribution in [3.63, 3.8) is 0 Å². The molecule has 0 spiro atoms. The van der Waals surface area contributed by atoms with Gasteiger partial charge in [-0.25, -0.2) is 0 Å². The van der Waals surface area contributed by atoms with Crippen molar-refractivity contribution < 1.29 is 19.1 Å². The highest BCUT2D eigenvalue weighted by Gasteiger charge is 2.29. The van der Waals surface area contributed by atoms with Gasteiger partial charge in [-0.2, -0.15) is 0 Å². The summed E-state index contributed by atoms with van der Waals surface area (Å²) in [7, 11) is 0. The minimum atomic E-state index is -0.264. The third-order valence-corrected chi connectivity index (χ3v) is 5.38. The number of rotatable bonds is 10. The van der Waals surface area contributed by atoms with Gasteiger partial charge in [-0.3, -0.25) is 14.5 Å². The molecule has 0 atom stereocenters. The Morgan fingerprint density at radius 1 is 1.15 bits per heavy atom. The molecule has 7 nitrogen and oxygen atoms in total. The number of carbonyl (C=O) groups is 2. The van der Waals surface area contributed by atoms with Gasteiger partial charge in [-0.1, -0.05) is 37.6 Å². The first kappa shape index (κ1) is 24.3. The molecule has 0 radical (unpaired) electrons. The van der Waals surface area contributed by atoms with Gasteiger partial charge in [0.1, 0.15) is 5.70 Å². The smallest absolute Gasteiger partial charge is 0.276 e. The number of benzene rings is 2. The second-order valence-corrected chi connectivity index (χ2v) is 7.98. The molecule has 2 amide bonds. The molecule has 1 aliphatic heterocycles. The summed E-state index contributed by atoms with van der Waals surface area (Å²) < 4.78 is 11.4. The van der Waals surface area contributed by atoms with Crippen LogP contribution in [0.25, 0.3) is 6.08 Å². The van der Waals surface area contributed by atoms with E-state index in [4.69, 9.17) is 21.7 Å². The fourth-order valence-corrected chi connectivity index (χ4v) is 3.59. The summed E-state index contributed by atoms with van der Waals surface area (Å²) in [6.07, 6.45) is 3.60. The largest absolute Gasteiger partial charge is 0.490 e. The summed E-state index contributed by atoms with van der Waals surface area (Å²) in [5, 5.41) is 6.25. The van der Waals surface area contributed by atoms with Crippen molar-refractivity contribution in [2.24, 2.45) is 0 Å². The van der Waals surface area contributed by atoms with Crippen LogP contribution in [0.5, 0.6) is 11.5 Å². The Hall–Kier alpha value is -3.39. The van der Waals surface area contributed by atoms with Crippen molar-refractivity contribution in [1.29, 1.82) is 0 Å². The predicted octanol–water partition coefficient (Wildman–Crippen LogP) is 4.27. The molecular formula is C25H29N3O4S. The lowest BCUT2D eigenvalue weighted by atomic mass is 10.1. The highest BCUT2D eigenvalue weighted by Crippen LogP contribution is 2.30. The van der Waals surface area contributed by atoms with Gasteiger partial charge in [0, 0.05) is 12.2 Å². The summed E-state index contributed by atoms with van der Waals surface area (Å²) in [5.41, 5.74) is 2.90. The molecule has 1 fully saturated rings. The zero-order valence-electron chi connectivity index (χ0n) is 19.1. The number of nitrogens with one attached hydrogen (secondary N) is 2. The third kappa shape index (κ3) is 6.32. The number of anilines is 1. The third-order valence-electron chi connectivity index (χ3n) is 5.05. The molecule has 33 heavy (non-hydrogen) atoms. The first-order chi connectivity index (χ1) is 15.9. The average Bonchev–Trinajstić information content (AvgIpc) is 3.05. The molecule has 1 aliphatic rings. The van der Waals surface area contributed by atoms with Crippen LogP contribution in [0.4, 0.5) is 5.69 Å². The zero-order valence-corrected chi connectivity index (χ0v) is 20.0. The van der Waals surface area contributed by atoms with Crippen molar-refractivity contribution in [2.45, 2.75) is 33.6 Å². The Bertz CT molecular complexity index is 1070. The summed E-state index contributed by atoms with van der Waals surface area (Å²) in [6.45, 7) is 6.73. The Morgan fingerprint density at radius 2 is 1.94 bits per heavy atom. The minimum Gasteiger partial charge on any atom is -0.490 e. The molecule has 2 N–H and O–H groups in total. The number of aryl methyl sites for hydroxylation is 1. The van der Waals surface area contributed by atoms with E-state index in [9.17, 15) is 9.59 Å². The van der Waals surface area contributed by atoms with Crippen molar-refractivity contribution in [2.75, 3.05) is 25.1 Å². The van der Waals surface area contributed by atoms with Crippen molar-refractivity contribution in [1.82, 2.24) is 10.2 Å². The summed E-state index contributed by atoms with van der Waals surface area (Å²) >= 11 is 5.30. The van der Waals surface area contributed by atoms with E-state index in [0.29, 0.717) is 35.5 Å². The van der Waals surface area contributed by atoms with Crippen LogP contribution in [0.15, 0.2) is 48.2 Å². The van der Waals surface area contributed by atoms with Gasteiger partial charge in [0.25, 0.3) is 11.8 Å². The van der Waals surface area contributed by atoms with E-state index in [2.05, 4.69) is 17.6 Å². The maximum atomic E-state index is 12.7. The van der Waals surface area contributed by atoms with Crippen LogP contribution in [0.3, 0.4) is 0 Å². The van der Waals surface area contributed by atoms with E-state index in [1.807, 2.05) is 38.1 Å². The molecule has 8 heteroatoms. The number of thiocarbonyl (C=S) groups is 1. The summed E-state index contributed by atoms with van der Waals surface area (Å²) in [6, 6.07) is 12.9. The van der Waals surface area contributed by atoms with E-state index >= 15 is 0 Å². The molecule has 0 saturated carbocycles. The second kappa shape index (κ2) is 11.5. The molecule has 0 aromatic heterocycles. The van der Waals surface area contributed by atoms with Gasteiger partial charge in [0.05, 0.1) is 6.61 Å². The van der Waals surface area contributed by atoms with Crippen LogP contribution >= 0.6 is 12.2 Å². The molecule has 3 rings (SSSR count). The second-order valence-electron chi connectivity index (χ2n) is 7.59. The average molecular weight is 468 g/mol. The number of hydrogen-bond acceptors (Lipinski definition) is 5. The maximum Gasteiger partial charge on any atom is 0.276 e. The topological polar surface area (TPSA) is 79.9 Å². The van der Waals surface area contributed by atoms with Crippen LogP contribution in [-0.2, 0) is 9.59 Å². The van der Waals surface area contributed by atoms with Crippen LogP contribution in [-0.4, -0.2) is 41.6 Å². The minimum absolute atomic E-state index is 0.139. The fraction of sp³-hybridized carbons (Fsp3) is 0.320. The van der Waals surface area contributed by atoms with E-state index in [-0.39, 0.29) is 18.4 Å². The molecule has 1 heterocycles. The van der Waals surface area contributed by atoms with E-state index in [1.165, 1.54) is 0 Å². The lowest BCUT2D eigenvalue weighted by molar-refractivity contribution is -0.122. The van der Waals surface area contributed by atoms with Gasteiger partial charge in [-0.15, -0.1) is 0 Å². The lowest BCUT2D eigenvalue weighted by Gasteiger charge is -2.13. The Kier molecular flexibility index (Phi) is 8.43. The predicted molar refractivity (Wildman–Crippen MR) is 133 cm³/mol. The van der Waals surface area contributed by atoms with Crippen molar-refractivity contribution in [3.8, 4) is 11.5 Å². The lowest BCUT2D eigenvalue weighted by Crippen LogP contribution is -2.31. The molecule has 0 aliphatic carbocycles. The van der Waals surface area contributed by atoms with Crippen LogP contribution < -0.4 is 20.1 Å². The molecule has 0 bridgehead atoms. The number of para-hydroxylation sites is 1. The molecule has 0 unspecified atom stereocenters. The summed E-state index contributed by atoms with van der Waals surface area (Å²) in [4.78, 5) is 26.6. The first-order valence-electron chi connectivity index (χ1n) is 11.0. The molecule has 174 valence electrons. The van der Waals surface area contributed by atoms with Crippen molar-refractivity contribution >= 4 is 40.9 Å². The fourth-order valence-electron chi connectivity index (χ4n) is 3.30. The van der Waals surface area contributed by atoms with Gasteiger partial charge < -0.3 is 20.1 Å². The number of hydrogen-bond donors (Lipinski definition) is 2. The highest BCUT2D eigenvalue weighted by atomic mass is 32.1. The van der Waals surface area contributed by atoms with E-state index in [0.717, 1.165) is 29.7 Å². The normalized spacial score (nSPS) is 14.4. The number of unbranched alkanes of at least 4 members (excludes halogenated alkanes) is 1. The monoisotopic (exact) mass is 467 g/mol. The van der Waals surface area contributed by atoms with Crippen molar-refractivity contribution in [3.05, 3.63) is 59.3 Å². The Labute approximate surface area is 199 Å². The maximum absolute atomic E-state index is 12.7. The number of nitrogens with zero attached hydrogens (tertiary/aromatic N) is 1. The zero-order chi connectivity index (χ0) is 23.8. The van der Waals surface area contributed by atoms with Crippen LogP contribution in [0.2, 0.25) is 0 Å². The molecule has 2 aromatic carbocycles. The molecule has 2 aromatic rings. The van der Waals surface area contributed by atoms with E-state index < -0.39 is 0 Å². The number of amides is 2. The quantitative estimate of drug-likeness (QED) is 0.401. The van der Waals surface area contributed by atoms with Gasteiger partial charge >= 0.3 is 0 Å². The molecular weight excluding hydrogens is 438 g/mol. The number of ether oxygens (including phenoxy) is 2. The van der Waals surface area contributed by atoms with Crippen LogP contribution in [0.1, 0.15) is 37.8 Å². The molecule has 1 saturated heterocycles. The Balaban J connectivity index is 1.69.